The second kappa shape index (κ2) is 7.20. The average Bonchev–Trinajstić information content (AvgIpc) is 2.91. The number of benzene rings is 1. The molecule has 110 valence electrons. The summed E-state index contributed by atoms with van der Waals surface area (Å²) in [7, 11) is 2.10. The van der Waals surface area contributed by atoms with E-state index in [1.54, 1.807) is 12.1 Å². The van der Waals surface area contributed by atoms with Gasteiger partial charge >= 0.3 is 5.97 Å². The number of carbonyl (C=O) groups is 1. The van der Waals surface area contributed by atoms with Gasteiger partial charge in [0.15, 0.2) is 0 Å². The van der Waals surface area contributed by atoms with E-state index in [4.69, 9.17) is 5.11 Å². The van der Waals surface area contributed by atoms with Crippen LogP contribution in [0.4, 0.5) is 0 Å². The largest absolute Gasteiger partial charge is 0.478 e. The molecule has 4 nitrogen and oxygen atoms in total. The summed E-state index contributed by atoms with van der Waals surface area (Å²) >= 11 is 3.46. The van der Waals surface area contributed by atoms with Crippen molar-refractivity contribution in [2.45, 2.75) is 19.4 Å². The van der Waals surface area contributed by atoms with E-state index in [2.05, 4.69) is 32.8 Å². The van der Waals surface area contributed by atoms with Crippen molar-refractivity contribution in [2.24, 2.45) is 0 Å². The lowest BCUT2D eigenvalue weighted by atomic mass is 10.1. The quantitative estimate of drug-likeness (QED) is 0.864. The molecule has 1 aliphatic rings. The van der Waals surface area contributed by atoms with Crippen LogP contribution in [0.3, 0.4) is 0 Å². The SMILES string of the molecule is CN(CCN1CCCC1)Cc1ccc(C(=O)O)cc1Br. The normalized spacial score (nSPS) is 15.9. The third-order valence-electron chi connectivity index (χ3n) is 3.74. The third kappa shape index (κ3) is 4.30. The topological polar surface area (TPSA) is 43.8 Å². The summed E-state index contributed by atoms with van der Waals surface area (Å²) in [5.41, 5.74) is 1.44. The Kier molecular flexibility index (Phi) is 5.57. The van der Waals surface area contributed by atoms with Crippen LogP contribution in [0.15, 0.2) is 22.7 Å². The van der Waals surface area contributed by atoms with Gasteiger partial charge in [0.1, 0.15) is 0 Å². The molecule has 0 bridgehead atoms. The Labute approximate surface area is 128 Å². The van der Waals surface area contributed by atoms with Crippen LogP contribution in [0.25, 0.3) is 0 Å². The first-order chi connectivity index (χ1) is 9.56. The first-order valence-electron chi connectivity index (χ1n) is 6.99. The molecule has 1 fully saturated rings. The van der Waals surface area contributed by atoms with Crippen LogP contribution in [-0.2, 0) is 6.54 Å². The molecule has 0 unspecified atom stereocenters. The van der Waals surface area contributed by atoms with Gasteiger partial charge in [-0.3, -0.25) is 0 Å². The van der Waals surface area contributed by atoms with Crippen molar-refractivity contribution in [1.29, 1.82) is 0 Å². The maximum absolute atomic E-state index is 10.9. The van der Waals surface area contributed by atoms with Crippen LogP contribution in [0, 0.1) is 0 Å². The van der Waals surface area contributed by atoms with Crippen LogP contribution in [0.1, 0.15) is 28.8 Å². The number of rotatable bonds is 6. The van der Waals surface area contributed by atoms with E-state index in [0.29, 0.717) is 5.56 Å². The van der Waals surface area contributed by atoms with Gasteiger partial charge in [0.25, 0.3) is 0 Å². The second-order valence-corrected chi connectivity index (χ2v) is 6.25. The van der Waals surface area contributed by atoms with Crippen molar-refractivity contribution in [2.75, 3.05) is 33.2 Å². The summed E-state index contributed by atoms with van der Waals surface area (Å²) in [5.74, 6) is -0.889. The van der Waals surface area contributed by atoms with E-state index < -0.39 is 5.97 Å². The summed E-state index contributed by atoms with van der Waals surface area (Å²) in [4.78, 5) is 15.7. The molecule has 0 atom stereocenters. The molecule has 1 saturated heterocycles. The molecule has 0 radical (unpaired) electrons. The number of hydrogen-bond acceptors (Lipinski definition) is 3. The van der Waals surface area contributed by atoms with Gasteiger partial charge in [0.2, 0.25) is 0 Å². The summed E-state index contributed by atoms with van der Waals surface area (Å²) in [6.45, 7) is 5.43. The number of hydrogen-bond donors (Lipinski definition) is 1. The van der Waals surface area contributed by atoms with Crippen molar-refractivity contribution in [1.82, 2.24) is 9.80 Å². The molecule has 1 aromatic rings. The zero-order valence-electron chi connectivity index (χ0n) is 11.8. The van der Waals surface area contributed by atoms with Crippen LogP contribution < -0.4 is 0 Å². The summed E-state index contributed by atoms with van der Waals surface area (Å²) in [6, 6.07) is 5.22. The first kappa shape index (κ1) is 15.5. The van der Waals surface area contributed by atoms with Gasteiger partial charge in [-0.15, -0.1) is 0 Å². The molecule has 1 N–H and O–H groups in total. The fourth-order valence-electron chi connectivity index (χ4n) is 2.50. The molecule has 0 aliphatic carbocycles. The lowest BCUT2D eigenvalue weighted by Gasteiger charge is -2.21. The van der Waals surface area contributed by atoms with Crippen molar-refractivity contribution >= 4 is 21.9 Å². The summed E-state index contributed by atoms with van der Waals surface area (Å²) in [5, 5.41) is 8.95. The van der Waals surface area contributed by atoms with Gasteiger partial charge in [0.05, 0.1) is 5.56 Å². The summed E-state index contributed by atoms with van der Waals surface area (Å²) in [6.07, 6.45) is 2.65. The maximum atomic E-state index is 10.9. The molecule has 5 heteroatoms. The smallest absolute Gasteiger partial charge is 0.335 e. The van der Waals surface area contributed by atoms with E-state index >= 15 is 0 Å². The van der Waals surface area contributed by atoms with E-state index in [-0.39, 0.29) is 0 Å². The van der Waals surface area contributed by atoms with Crippen molar-refractivity contribution in [3.05, 3.63) is 33.8 Å². The molecule has 2 rings (SSSR count). The van der Waals surface area contributed by atoms with E-state index in [9.17, 15) is 4.79 Å². The fourth-order valence-corrected chi connectivity index (χ4v) is 3.00. The van der Waals surface area contributed by atoms with Crippen molar-refractivity contribution in [3.8, 4) is 0 Å². The minimum atomic E-state index is -0.889. The highest BCUT2D eigenvalue weighted by molar-refractivity contribution is 9.10. The highest BCUT2D eigenvalue weighted by Crippen LogP contribution is 2.20. The van der Waals surface area contributed by atoms with Crippen LogP contribution >= 0.6 is 15.9 Å². The Bertz CT molecular complexity index is 473. The van der Waals surface area contributed by atoms with Crippen LogP contribution in [0.5, 0.6) is 0 Å². The lowest BCUT2D eigenvalue weighted by Crippen LogP contribution is -2.31. The van der Waals surface area contributed by atoms with Gasteiger partial charge in [-0.1, -0.05) is 22.0 Å². The van der Waals surface area contributed by atoms with Gasteiger partial charge < -0.3 is 14.9 Å². The Morgan fingerprint density at radius 3 is 2.70 bits per heavy atom. The summed E-state index contributed by atoms with van der Waals surface area (Å²) < 4.78 is 0.866. The van der Waals surface area contributed by atoms with Crippen LogP contribution in [-0.4, -0.2) is 54.1 Å². The molecule has 0 spiro atoms. The molecule has 1 heterocycles. The Morgan fingerprint density at radius 1 is 1.40 bits per heavy atom. The number of nitrogens with zero attached hydrogens (tertiary/aromatic N) is 2. The monoisotopic (exact) mass is 340 g/mol. The van der Waals surface area contributed by atoms with Gasteiger partial charge in [-0.05, 0) is 50.7 Å². The number of carboxylic acids is 1. The fraction of sp³-hybridized carbons (Fsp3) is 0.533. The van der Waals surface area contributed by atoms with Crippen LogP contribution in [0.2, 0.25) is 0 Å². The second-order valence-electron chi connectivity index (χ2n) is 5.40. The Morgan fingerprint density at radius 2 is 2.10 bits per heavy atom. The zero-order valence-corrected chi connectivity index (χ0v) is 13.4. The standard InChI is InChI=1S/C15H21BrN2O2/c1-17(8-9-18-6-2-3-7-18)11-13-5-4-12(15(19)20)10-14(13)16/h4-5,10H,2-3,6-9,11H2,1H3,(H,19,20). The Hall–Kier alpha value is -0.910. The molecule has 0 aromatic heterocycles. The molecule has 1 aromatic carbocycles. The minimum absolute atomic E-state index is 0.320. The van der Waals surface area contributed by atoms with Gasteiger partial charge in [-0.2, -0.15) is 0 Å². The third-order valence-corrected chi connectivity index (χ3v) is 4.48. The highest BCUT2D eigenvalue weighted by Gasteiger charge is 2.13. The molecular weight excluding hydrogens is 320 g/mol. The van der Waals surface area contributed by atoms with E-state index in [1.807, 2.05) is 6.07 Å². The predicted molar refractivity (Wildman–Crippen MR) is 83.1 cm³/mol. The molecule has 20 heavy (non-hydrogen) atoms. The molecular formula is C15H21BrN2O2. The number of halogens is 1. The number of carboxylic acid groups (broad SMARTS) is 1. The highest BCUT2D eigenvalue weighted by atomic mass is 79.9. The molecule has 0 amide bonds. The lowest BCUT2D eigenvalue weighted by molar-refractivity contribution is 0.0697. The Balaban J connectivity index is 1.86. The number of aromatic carboxylic acids is 1. The van der Waals surface area contributed by atoms with E-state index in [0.717, 1.165) is 29.7 Å². The van der Waals surface area contributed by atoms with Crippen molar-refractivity contribution in [3.63, 3.8) is 0 Å². The number of likely N-dealkylation sites (N-methyl/N-ethyl adjacent to an activating group) is 1. The van der Waals surface area contributed by atoms with Gasteiger partial charge in [0, 0.05) is 24.1 Å². The van der Waals surface area contributed by atoms with Crippen molar-refractivity contribution < 1.29 is 9.90 Å². The minimum Gasteiger partial charge on any atom is -0.478 e. The molecule has 1 aliphatic heterocycles. The van der Waals surface area contributed by atoms with E-state index in [1.165, 1.54) is 25.9 Å². The predicted octanol–water partition coefficient (Wildman–Crippen LogP) is 2.67. The average molecular weight is 341 g/mol. The molecule has 0 saturated carbocycles. The number of likely N-dealkylation sites (tertiary alicyclic amines) is 1. The maximum Gasteiger partial charge on any atom is 0.335 e. The van der Waals surface area contributed by atoms with Gasteiger partial charge in [-0.25, -0.2) is 4.79 Å². The first-order valence-corrected chi connectivity index (χ1v) is 7.78. The zero-order chi connectivity index (χ0) is 14.5.